The Morgan fingerprint density at radius 3 is 2.10 bits per heavy atom. The molecule has 3 fully saturated rings. The minimum atomic E-state index is -1.20. The van der Waals surface area contributed by atoms with E-state index in [0.717, 1.165) is 6.42 Å². The maximum absolute atomic E-state index is 12.0. The molecule has 3 aliphatic rings. The first-order chi connectivity index (χ1) is 9.25. The molecule has 5 heteroatoms. The Labute approximate surface area is 120 Å². The molecule has 2 bridgehead atoms. The Hall–Kier alpha value is -0.650. The van der Waals surface area contributed by atoms with E-state index in [4.69, 9.17) is 18.9 Å². The number of hydrogen-bond acceptors (Lipinski definition) is 5. The Kier molecular flexibility index (Phi) is 4.15. The van der Waals surface area contributed by atoms with E-state index in [2.05, 4.69) is 13.8 Å². The minimum Gasteiger partial charge on any atom is -0.457 e. The molecular weight excluding hydrogens is 260 g/mol. The van der Waals surface area contributed by atoms with Gasteiger partial charge in [0.2, 0.25) is 0 Å². The highest BCUT2D eigenvalue weighted by atomic mass is 16.9. The molecule has 3 saturated heterocycles. The standard InChI is InChI=1S/C15H26O5/c1-6-13(4,5)12(16)17-10-15-18-7-14(8-19-15,9-20-15)11(2)3/h11H,6-10H2,1-5H3. The molecule has 0 amide bonds. The normalized spacial score (nSPS) is 33.5. The zero-order valence-corrected chi connectivity index (χ0v) is 13.2. The van der Waals surface area contributed by atoms with Crippen LogP contribution in [0, 0.1) is 16.7 Å². The van der Waals surface area contributed by atoms with Gasteiger partial charge < -0.3 is 18.9 Å². The molecule has 3 aliphatic heterocycles. The van der Waals surface area contributed by atoms with Gasteiger partial charge in [0.05, 0.1) is 25.2 Å². The van der Waals surface area contributed by atoms with Crippen LogP contribution in [0.4, 0.5) is 0 Å². The van der Waals surface area contributed by atoms with Crippen LogP contribution in [0.1, 0.15) is 41.0 Å². The Morgan fingerprint density at radius 1 is 1.20 bits per heavy atom. The molecule has 3 heterocycles. The molecule has 0 aromatic rings. The molecule has 0 atom stereocenters. The van der Waals surface area contributed by atoms with E-state index in [1.165, 1.54) is 0 Å². The van der Waals surface area contributed by atoms with Crippen LogP contribution in [-0.4, -0.2) is 38.4 Å². The summed E-state index contributed by atoms with van der Waals surface area (Å²) in [7, 11) is 0. The highest BCUT2D eigenvalue weighted by Crippen LogP contribution is 2.43. The SMILES string of the molecule is CCC(C)(C)C(=O)OCC12OCC(C(C)C)(CO1)CO2. The molecule has 0 spiro atoms. The highest BCUT2D eigenvalue weighted by Gasteiger charge is 2.54. The van der Waals surface area contributed by atoms with Crippen LogP contribution in [0.25, 0.3) is 0 Å². The van der Waals surface area contributed by atoms with Crippen molar-refractivity contribution in [3.05, 3.63) is 0 Å². The van der Waals surface area contributed by atoms with Gasteiger partial charge in [-0.15, -0.1) is 0 Å². The number of hydrogen-bond donors (Lipinski definition) is 0. The van der Waals surface area contributed by atoms with E-state index in [9.17, 15) is 4.79 Å². The summed E-state index contributed by atoms with van der Waals surface area (Å²) >= 11 is 0. The monoisotopic (exact) mass is 286 g/mol. The summed E-state index contributed by atoms with van der Waals surface area (Å²) in [6.07, 6.45) is 0.720. The first-order valence-electron chi connectivity index (χ1n) is 7.34. The number of fused-ring (bicyclic) bond motifs is 3. The van der Waals surface area contributed by atoms with E-state index in [0.29, 0.717) is 25.7 Å². The molecule has 0 radical (unpaired) electrons. The van der Waals surface area contributed by atoms with Crippen LogP contribution in [0.3, 0.4) is 0 Å². The van der Waals surface area contributed by atoms with Gasteiger partial charge in [-0.1, -0.05) is 20.8 Å². The molecule has 0 saturated carbocycles. The summed E-state index contributed by atoms with van der Waals surface area (Å²) < 4.78 is 22.4. The van der Waals surface area contributed by atoms with Gasteiger partial charge in [-0.25, -0.2) is 0 Å². The molecule has 3 rings (SSSR count). The predicted octanol–water partition coefficient (Wildman–Crippen LogP) is 2.34. The summed E-state index contributed by atoms with van der Waals surface area (Å²) in [5, 5.41) is 0. The summed E-state index contributed by atoms with van der Waals surface area (Å²) in [4.78, 5) is 12.0. The average molecular weight is 286 g/mol. The molecule has 0 N–H and O–H groups in total. The minimum absolute atomic E-state index is 0.0105. The first-order valence-corrected chi connectivity index (χ1v) is 7.34. The van der Waals surface area contributed by atoms with E-state index in [-0.39, 0.29) is 18.0 Å². The van der Waals surface area contributed by atoms with Crippen molar-refractivity contribution in [3.63, 3.8) is 0 Å². The highest BCUT2D eigenvalue weighted by molar-refractivity contribution is 5.75. The number of carbonyl (C=O) groups excluding carboxylic acids is 1. The van der Waals surface area contributed by atoms with Crippen LogP contribution in [0.5, 0.6) is 0 Å². The lowest BCUT2D eigenvalue weighted by Gasteiger charge is -2.53. The Bertz CT molecular complexity index is 350. The second-order valence-corrected chi connectivity index (χ2v) is 6.88. The third kappa shape index (κ3) is 2.71. The summed E-state index contributed by atoms with van der Waals surface area (Å²) in [6.45, 7) is 11.7. The van der Waals surface area contributed by atoms with Crippen molar-refractivity contribution in [2.24, 2.45) is 16.7 Å². The molecule has 5 nitrogen and oxygen atoms in total. The fraction of sp³-hybridized carbons (Fsp3) is 0.933. The van der Waals surface area contributed by atoms with Gasteiger partial charge >= 0.3 is 11.9 Å². The molecule has 116 valence electrons. The predicted molar refractivity (Wildman–Crippen MR) is 72.9 cm³/mol. The van der Waals surface area contributed by atoms with Gasteiger partial charge in [0.1, 0.15) is 0 Å². The molecule has 0 aromatic heterocycles. The molecule has 0 aliphatic carbocycles. The van der Waals surface area contributed by atoms with Crippen LogP contribution in [0.15, 0.2) is 0 Å². The van der Waals surface area contributed by atoms with Gasteiger partial charge in [0, 0.05) is 5.41 Å². The van der Waals surface area contributed by atoms with Crippen molar-refractivity contribution in [2.45, 2.75) is 47.0 Å². The number of rotatable bonds is 5. The second kappa shape index (κ2) is 5.28. The third-order valence-electron chi connectivity index (χ3n) is 4.78. The van der Waals surface area contributed by atoms with Gasteiger partial charge in [0.25, 0.3) is 0 Å². The second-order valence-electron chi connectivity index (χ2n) is 6.88. The van der Waals surface area contributed by atoms with E-state index in [1.54, 1.807) is 0 Å². The fourth-order valence-electron chi connectivity index (χ4n) is 2.13. The lowest BCUT2D eigenvalue weighted by atomic mass is 9.78. The molecule has 20 heavy (non-hydrogen) atoms. The van der Waals surface area contributed by atoms with Crippen molar-refractivity contribution in [2.75, 3.05) is 26.4 Å². The summed E-state index contributed by atoms with van der Waals surface area (Å²) in [5.41, 5.74) is -0.573. The maximum atomic E-state index is 12.0. The zero-order valence-electron chi connectivity index (χ0n) is 13.2. The maximum Gasteiger partial charge on any atom is 0.319 e. The van der Waals surface area contributed by atoms with Crippen molar-refractivity contribution in [3.8, 4) is 0 Å². The van der Waals surface area contributed by atoms with E-state index >= 15 is 0 Å². The quantitative estimate of drug-likeness (QED) is 0.726. The number of esters is 1. The van der Waals surface area contributed by atoms with Crippen LogP contribution < -0.4 is 0 Å². The zero-order chi connectivity index (χ0) is 15.0. The smallest absolute Gasteiger partial charge is 0.319 e. The fourth-order valence-corrected chi connectivity index (χ4v) is 2.13. The van der Waals surface area contributed by atoms with Crippen molar-refractivity contribution in [1.29, 1.82) is 0 Å². The average Bonchev–Trinajstić information content (AvgIpc) is 2.46. The van der Waals surface area contributed by atoms with E-state index in [1.807, 2.05) is 20.8 Å². The first kappa shape index (κ1) is 15.7. The number of carbonyl (C=O) groups is 1. The van der Waals surface area contributed by atoms with Gasteiger partial charge in [-0.3, -0.25) is 4.79 Å². The summed E-state index contributed by atoms with van der Waals surface area (Å²) in [6, 6.07) is 0. The van der Waals surface area contributed by atoms with Crippen molar-refractivity contribution < 1.29 is 23.7 Å². The van der Waals surface area contributed by atoms with Crippen LogP contribution in [-0.2, 0) is 23.7 Å². The van der Waals surface area contributed by atoms with Gasteiger partial charge in [-0.05, 0) is 26.2 Å². The summed E-state index contributed by atoms with van der Waals surface area (Å²) in [5.74, 6) is -1.03. The molecule has 0 aromatic carbocycles. The largest absolute Gasteiger partial charge is 0.457 e. The Morgan fingerprint density at radius 2 is 1.70 bits per heavy atom. The number of ether oxygens (including phenoxy) is 4. The van der Waals surface area contributed by atoms with Crippen molar-refractivity contribution in [1.82, 2.24) is 0 Å². The van der Waals surface area contributed by atoms with Gasteiger partial charge in [0.15, 0.2) is 6.61 Å². The van der Waals surface area contributed by atoms with E-state index < -0.39 is 11.4 Å². The van der Waals surface area contributed by atoms with Crippen LogP contribution >= 0.6 is 0 Å². The van der Waals surface area contributed by atoms with Crippen molar-refractivity contribution >= 4 is 5.97 Å². The topological polar surface area (TPSA) is 54.0 Å². The van der Waals surface area contributed by atoms with Crippen LogP contribution in [0.2, 0.25) is 0 Å². The molecular formula is C15H26O5. The van der Waals surface area contributed by atoms with Gasteiger partial charge in [-0.2, -0.15) is 0 Å². The molecule has 0 unspecified atom stereocenters. The lowest BCUT2D eigenvalue weighted by molar-refractivity contribution is -0.478. The third-order valence-corrected chi connectivity index (χ3v) is 4.78. The lowest BCUT2D eigenvalue weighted by Crippen LogP contribution is -2.63. The Balaban J connectivity index is 1.92.